The van der Waals surface area contributed by atoms with Gasteiger partial charge in [0, 0.05) is 0 Å². The Morgan fingerprint density at radius 3 is 2.04 bits per heavy atom. The van der Waals surface area contributed by atoms with Crippen LogP contribution in [0.4, 0.5) is 0 Å². The number of hydrogen-bond acceptors (Lipinski definition) is 5. The SMILES string of the molecule is CCCCOc1c(OC)cc(C(=O)OCC[N+](C)(C)C)cc1OC.[I-]. The van der Waals surface area contributed by atoms with Crippen molar-refractivity contribution in [1.82, 2.24) is 0 Å². The summed E-state index contributed by atoms with van der Waals surface area (Å²) < 4.78 is 22.5. The smallest absolute Gasteiger partial charge is 0.338 e. The Hall–Kier alpha value is -1.22. The summed E-state index contributed by atoms with van der Waals surface area (Å²) in [5.41, 5.74) is 0.382. The summed E-state index contributed by atoms with van der Waals surface area (Å²) in [5, 5.41) is 0. The van der Waals surface area contributed by atoms with Crippen LogP contribution in [0.3, 0.4) is 0 Å². The monoisotopic (exact) mass is 467 g/mol. The Morgan fingerprint density at radius 1 is 1.04 bits per heavy atom. The Balaban J connectivity index is 0.00000576. The second-order valence-corrected chi connectivity index (χ2v) is 6.56. The molecule has 144 valence electrons. The van der Waals surface area contributed by atoms with E-state index in [4.69, 9.17) is 18.9 Å². The Morgan fingerprint density at radius 2 is 1.60 bits per heavy atom. The van der Waals surface area contributed by atoms with Crippen molar-refractivity contribution in [3.63, 3.8) is 0 Å². The van der Waals surface area contributed by atoms with Crippen LogP contribution in [0.5, 0.6) is 17.2 Å². The number of methoxy groups -OCH3 is 2. The van der Waals surface area contributed by atoms with Gasteiger partial charge in [-0.3, -0.25) is 0 Å². The molecule has 0 saturated carbocycles. The molecular formula is C18H30INO5. The van der Waals surface area contributed by atoms with Crippen molar-refractivity contribution in [2.45, 2.75) is 19.8 Å². The van der Waals surface area contributed by atoms with Gasteiger partial charge in [0.25, 0.3) is 0 Å². The van der Waals surface area contributed by atoms with Gasteiger partial charge in [-0.15, -0.1) is 0 Å². The van der Waals surface area contributed by atoms with Crippen LogP contribution in [-0.2, 0) is 4.74 Å². The van der Waals surface area contributed by atoms with E-state index < -0.39 is 5.97 Å². The summed E-state index contributed by atoms with van der Waals surface area (Å²) in [5.74, 6) is 1.03. The van der Waals surface area contributed by atoms with Gasteiger partial charge in [0.1, 0.15) is 13.2 Å². The van der Waals surface area contributed by atoms with Gasteiger partial charge in [0.2, 0.25) is 5.75 Å². The molecule has 0 N–H and O–H groups in total. The lowest BCUT2D eigenvalue weighted by Gasteiger charge is -2.23. The minimum absolute atomic E-state index is 0. The number of benzene rings is 1. The summed E-state index contributed by atoms with van der Waals surface area (Å²) >= 11 is 0. The van der Waals surface area contributed by atoms with Crippen molar-refractivity contribution in [1.29, 1.82) is 0 Å². The van der Waals surface area contributed by atoms with E-state index in [2.05, 4.69) is 6.92 Å². The number of rotatable bonds is 10. The molecule has 0 aromatic heterocycles. The van der Waals surface area contributed by atoms with Crippen molar-refractivity contribution in [2.24, 2.45) is 0 Å². The standard InChI is InChI=1S/C18H30NO5.HI/c1-7-8-10-23-17-15(21-5)12-14(13-16(17)22-6)18(20)24-11-9-19(2,3)4;/h12-13H,7-11H2,1-6H3;1H/q+1;/p-1. The maximum Gasteiger partial charge on any atom is 0.338 e. The third-order valence-electron chi connectivity index (χ3n) is 3.44. The maximum atomic E-state index is 12.3. The zero-order chi connectivity index (χ0) is 18.2. The van der Waals surface area contributed by atoms with E-state index in [0.717, 1.165) is 23.9 Å². The van der Waals surface area contributed by atoms with E-state index in [1.54, 1.807) is 12.1 Å². The number of hydrogen-bond donors (Lipinski definition) is 0. The number of carbonyl (C=O) groups excluding carboxylic acids is 1. The first kappa shape index (κ1) is 23.8. The quantitative estimate of drug-likeness (QED) is 0.206. The molecule has 0 aliphatic heterocycles. The number of nitrogens with zero attached hydrogens (tertiary/aromatic N) is 1. The number of carbonyl (C=O) groups is 1. The average molecular weight is 467 g/mol. The Labute approximate surface area is 168 Å². The number of unbranched alkanes of at least 4 members (excludes halogenated alkanes) is 1. The van der Waals surface area contributed by atoms with Crippen molar-refractivity contribution in [3.05, 3.63) is 17.7 Å². The van der Waals surface area contributed by atoms with E-state index in [-0.39, 0.29) is 24.0 Å². The molecule has 25 heavy (non-hydrogen) atoms. The minimum Gasteiger partial charge on any atom is -1.00 e. The van der Waals surface area contributed by atoms with Crippen LogP contribution in [0, 0.1) is 0 Å². The highest BCUT2D eigenvalue weighted by molar-refractivity contribution is 5.91. The van der Waals surface area contributed by atoms with Gasteiger partial charge in [0.15, 0.2) is 11.5 Å². The third kappa shape index (κ3) is 8.13. The highest BCUT2D eigenvalue weighted by Crippen LogP contribution is 2.38. The van der Waals surface area contributed by atoms with Gasteiger partial charge in [-0.05, 0) is 18.6 Å². The van der Waals surface area contributed by atoms with Crippen molar-refractivity contribution in [3.8, 4) is 17.2 Å². The fourth-order valence-corrected chi connectivity index (χ4v) is 1.95. The third-order valence-corrected chi connectivity index (χ3v) is 3.44. The zero-order valence-corrected chi connectivity index (χ0v) is 18.2. The average Bonchev–Trinajstić information content (AvgIpc) is 2.53. The molecule has 0 fully saturated rings. The fraction of sp³-hybridized carbons (Fsp3) is 0.611. The largest absolute Gasteiger partial charge is 1.00 e. The van der Waals surface area contributed by atoms with Crippen LogP contribution in [0.25, 0.3) is 0 Å². The van der Waals surface area contributed by atoms with E-state index in [0.29, 0.717) is 36.0 Å². The Bertz CT molecular complexity index is 518. The van der Waals surface area contributed by atoms with Gasteiger partial charge in [0.05, 0.1) is 47.5 Å². The molecule has 0 amide bonds. The van der Waals surface area contributed by atoms with Crippen LogP contribution in [0.1, 0.15) is 30.1 Å². The van der Waals surface area contributed by atoms with Crippen LogP contribution in [0.2, 0.25) is 0 Å². The molecular weight excluding hydrogens is 437 g/mol. The first-order valence-electron chi connectivity index (χ1n) is 8.18. The summed E-state index contributed by atoms with van der Waals surface area (Å²) in [6, 6.07) is 3.25. The number of likely N-dealkylation sites (N-methyl/N-ethyl adjacent to an activating group) is 1. The number of esters is 1. The predicted octanol–water partition coefficient (Wildman–Crippen LogP) is -0.250. The van der Waals surface area contributed by atoms with Gasteiger partial charge >= 0.3 is 5.97 Å². The van der Waals surface area contributed by atoms with Crippen molar-refractivity contribution >= 4 is 5.97 Å². The van der Waals surface area contributed by atoms with E-state index >= 15 is 0 Å². The van der Waals surface area contributed by atoms with Crippen molar-refractivity contribution in [2.75, 3.05) is 55.1 Å². The first-order valence-corrected chi connectivity index (χ1v) is 8.18. The van der Waals surface area contributed by atoms with E-state index in [1.807, 2.05) is 21.1 Å². The molecule has 0 bridgehead atoms. The normalized spacial score (nSPS) is 10.6. The lowest BCUT2D eigenvalue weighted by molar-refractivity contribution is -0.870. The predicted molar refractivity (Wildman–Crippen MR) is 93.1 cm³/mol. The highest BCUT2D eigenvalue weighted by Gasteiger charge is 2.19. The fourth-order valence-electron chi connectivity index (χ4n) is 1.95. The molecule has 7 heteroatoms. The zero-order valence-electron chi connectivity index (χ0n) is 16.1. The van der Waals surface area contributed by atoms with E-state index in [9.17, 15) is 4.79 Å². The summed E-state index contributed by atoms with van der Waals surface area (Å²) in [4.78, 5) is 12.3. The highest BCUT2D eigenvalue weighted by atomic mass is 127. The van der Waals surface area contributed by atoms with Crippen molar-refractivity contribution < 1.29 is 52.2 Å². The number of quaternary nitrogens is 1. The van der Waals surface area contributed by atoms with Crippen LogP contribution in [-0.4, -0.2) is 65.6 Å². The molecule has 1 aromatic carbocycles. The lowest BCUT2D eigenvalue weighted by Crippen LogP contribution is -3.00. The molecule has 0 aliphatic rings. The molecule has 6 nitrogen and oxygen atoms in total. The minimum atomic E-state index is -0.403. The molecule has 0 spiro atoms. The van der Waals surface area contributed by atoms with Gasteiger partial charge in [-0.1, -0.05) is 13.3 Å². The van der Waals surface area contributed by atoms with Gasteiger partial charge in [-0.2, -0.15) is 0 Å². The number of halogens is 1. The summed E-state index contributed by atoms with van der Waals surface area (Å²) in [6.45, 7) is 3.74. The van der Waals surface area contributed by atoms with E-state index in [1.165, 1.54) is 14.2 Å². The van der Waals surface area contributed by atoms with Crippen LogP contribution in [0.15, 0.2) is 12.1 Å². The molecule has 0 radical (unpaired) electrons. The molecule has 0 aliphatic carbocycles. The second-order valence-electron chi connectivity index (χ2n) is 6.56. The molecule has 1 aromatic rings. The van der Waals surface area contributed by atoms with Crippen LogP contribution >= 0.6 is 0 Å². The first-order chi connectivity index (χ1) is 11.3. The maximum absolute atomic E-state index is 12.3. The second kappa shape index (κ2) is 11.4. The summed E-state index contributed by atoms with van der Waals surface area (Å²) in [6.07, 6.45) is 1.96. The molecule has 0 atom stereocenters. The molecule has 1 rings (SSSR count). The van der Waals surface area contributed by atoms with Gasteiger partial charge in [-0.25, -0.2) is 4.79 Å². The molecule has 0 heterocycles. The van der Waals surface area contributed by atoms with Gasteiger partial charge < -0.3 is 47.4 Å². The lowest BCUT2D eigenvalue weighted by atomic mass is 10.2. The summed E-state index contributed by atoms with van der Waals surface area (Å²) in [7, 11) is 9.20. The Kier molecular flexibility index (Phi) is 10.8. The molecule has 0 unspecified atom stereocenters. The topological polar surface area (TPSA) is 54.0 Å². The molecule has 0 saturated heterocycles. The van der Waals surface area contributed by atoms with Crippen LogP contribution < -0.4 is 38.2 Å². The number of ether oxygens (including phenoxy) is 4.